The first kappa shape index (κ1) is 12.5. The first-order valence-electron chi connectivity index (χ1n) is 6.40. The van der Waals surface area contributed by atoms with Crippen molar-refractivity contribution in [1.82, 2.24) is 0 Å². The van der Waals surface area contributed by atoms with E-state index in [1.165, 1.54) is 0 Å². The zero-order chi connectivity index (χ0) is 13.6. The molecule has 4 rings (SSSR count). The van der Waals surface area contributed by atoms with Crippen molar-refractivity contribution in [2.24, 2.45) is 0 Å². The van der Waals surface area contributed by atoms with Crippen LogP contribution < -0.4 is 0 Å². The SMILES string of the molecule is C[C@]12OCC[C@@]1(O)O[B-]1(O2)O[C@@]2(C)OCC[C@@]2(O)O1. The van der Waals surface area contributed by atoms with Crippen LogP contribution >= 0.6 is 0 Å². The van der Waals surface area contributed by atoms with Crippen molar-refractivity contribution in [1.29, 1.82) is 0 Å². The van der Waals surface area contributed by atoms with Crippen molar-refractivity contribution >= 4 is 6.96 Å². The molecular weight excluding hydrogens is 259 g/mol. The van der Waals surface area contributed by atoms with Crippen molar-refractivity contribution in [3.05, 3.63) is 0 Å². The maximum Gasteiger partial charge on any atom is 0.539 e. The predicted molar refractivity (Wildman–Crippen MR) is 57.9 cm³/mol. The Kier molecular flexibility index (Phi) is 2.07. The summed E-state index contributed by atoms with van der Waals surface area (Å²) >= 11 is 0. The Balaban J connectivity index is 1.69. The van der Waals surface area contributed by atoms with E-state index in [-0.39, 0.29) is 12.8 Å². The standard InChI is InChI=1S/C10H16BO8/c1-7-9(12,3-5-14-7)18-11(16-7)17-8(2)10(13,19-11)4-6-15-8/h12-13H,3-6H2,1-2H3/q-1/t7-,8-,9-,10-,11?/m1/s1. The molecule has 4 aliphatic rings. The molecule has 108 valence electrons. The fourth-order valence-electron chi connectivity index (χ4n) is 3.20. The average Bonchev–Trinajstić information content (AvgIpc) is 2.77. The van der Waals surface area contributed by atoms with Crippen molar-refractivity contribution in [2.75, 3.05) is 13.2 Å². The van der Waals surface area contributed by atoms with Crippen LogP contribution in [0.15, 0.2) is 0 Å². The number of ether oxygens (including phenoxy) is 2. The van der Waals surface area contributed by atoms with Crippen molar-refractivity contribution in [3.63, 3.8) is 0 Å². The summed E-state index contributed by atoms with van der Waals surface area (Å²) in [4.78, 5) is 0. The Bertz CT molecular complexity index is 368. The molecule has 2 N–H and O–H groups in total. The molecule has 4 fully saturated rings. The summed E-state index contributed by atoms with van der Waals surface area (Å²) in [6.07, 6.45) is 0.464. The van der Waals surface area contributed by atoms with Gasteiger partial charge >= 0.3 is 6.96 Å². The molecular formula is C10H16BO8-. The van der Waals surface area contributed by atoms with E-state index in [0.29, 0.717) is 13.2 Å². The Hall–Kier alpha value is -0.255. The summed E-state index contributed by atoms with van der Waals surface area (Å²) in [6, 6.07) is 0. The van der Waals surface area contributed by atoms with Gasteiger partial charge in [-0.25, -0.2) is 0 Å². The van der Waals surface area contributed by atoms with Crippen molar-refractivity contribution in [2.45, 2.75) is 49.8 Å². The third kappa shape index (κ3) is 1.32. The van der Waals surface area contributed by atoms with Crippen molar-refractivity contribution < 1.29 is 38.3 Å². The van der Waals surface area contributed by atoms with E-state index in [4.69, 9.17) is 28.1 Å². The Morgan fingerprint density at radius 3 is 1.58 bits per heavy atom. The van der Waals surface area contributed by atoms with Crippen LogP contribution in [0.5, 0.6) is 0 Å². The number of aliphatic hydroxyl groups is 2. The minimum atomic E-state index is -2.78. The van der Waals surface area contributed by atoms with E-state index >= 15 is 0 Å². The lowest BCUT2D eigenvalue weighted by Crippen LogP contribution is -2.45. The highest BCUT2D eigenvalue weighted by atomic mass is 17.0. The molecule has 0 bridgehead atoms. The molecule has 19 heavy (non-hydrogen) atoms. The van der Waals surface area contributed by atoms with Gasteiger partial charge in [0.15, 0.2) is 23.1 Å². The molecule has 0 aromatic rings. The zero-order valence-electron chi connectivity index (χ0n) is 10.7. The molecule has 1 spiro atoms. The van der Waals surface area contributed by atoms with E-state index in [9.17, 15) is 10.2 Å². The molecule has 0 aromatic heterocycles. The molecule has 0 radical (unpaired) electrons. The summed E-state index contributed by atoms with van der Waals surface area (Å²) in [7, 11) is 0. The monoisotopic (exact) mass is 275 g/mol. The van der Waals surface area contributed by atoms with Crippen LogP contribution in [0.4, 0.5) is 0 Å². The Morgan fingerprint density at radius 2 is 1.21 bits per heavy atom. The highest BCUT2D eigenvalue weighted by Crippen LogP contribution is 2.56. The highest BCUT2D eigenvalue weighted by Gasteiger charge is 2.74. The number of fused-ring (bicyclic) bond motifs is 2. The van der Waals surface area contributed by atoms with Gasteiger partial charge in [0.1, 0.15) is 0 Å². The number of hydrogen-bond donors (Lipinski definition) is 2. The van der Waals surface area contributed by atoms with Gasteiger partial charge < -0.3 is 38.3 Å². The van der Waals surface area contributed by atoms with Crippen LogP contribution in [0, 0.1) is 0 Å². The largest absolute Gasteiger partial charge is 0.539 e. The normalized spacial score (nSPS) is 58.7. The van der Waals surface area contributed by atoms with Gasteiger partial charge in [-0.2, -0.15) is 0 Å². The minimum absolute atomic E-state index is 0.232. The third-order valence-corrected chi connectivity index (χ3v) is 4.47. The number of rotatable bonds is 0. The van der Waals surface area contributed by atoms with Gasteiger partial charge in [0.2, 0.25) is 0 Å². The zero-order valence-corrected chi connectivity index (χ0v) is 10.7. The van der Waals surface area contributed by atoms with Crippen LogP contribution in [0.1, 0.15) is 26.7 Å². The Labute approximate surface area is 109 Å². The van der Waals surface area contributed by atoms with E-state index in [1.54, 1.807) is 13.8 Å². The smallest absolute Gasteiger partial charge is 0.489 e. The predicted octanol–water partition coefficient (Wildman–Crippen LogP) is -0.834. The van der Waals surface area contributed by atoms with Crippen LogP contribution in [-0.4, -0.2) is 53.5 Å². The van der Waals surface area contributed by atoms with E-state index in [0.717, 1.165) is 0 Å². The van der Waals surface area contributed by atoms with Gasteiger partial charge in [-0.15, -0.1) is 0 Å². The van der Waals surface area contributed by atoms with E-state index < -0.39 is 30.1 Å². The summed E-state index contributed by atoms with van der Waals surface area (Å²) in [5.41, 5.74) is 0. The first-order chi connectivity index (χ1) is 8.74. The number of hydrogen-bond acceptors (Lipinski definition) is 8. The van der Waals surface area contributed by atoms with Gasteiger partial charge in [0, 0.05) is 12.8 Å². The third-order valence-electron chi connectivity index (χ3n) is 4.47. The summed E-state index contributed by atoms with van der Waals surface area (Å²) in [6.45, 7) is 0.922. The molecule has 4 aliphatic heterocycles. The lowest BCUT2D eigenvalue weighted by molar-refractivity contribution is -0.253. The summed E-state index contributed by atoms with van der Waals surface area (Å²) < 4.78 is 32.9. The maximum absolute atomic E-state index is 10.4. The second-order valence-electron chi connectivity index (χ2n) is 5.71. The molecule has 4 saturated heterocycles. The van der Waals surface area contributed by atoms with Gasteiger partial charge in [0.05, 0.1) is 13.2 Å². The van der Waals surface area contributed by atoms with Gasteiger partial charge in [-0.3, -0.25) is 0 Å². The highest BCUT2D eigenvalue weighted by molar-refractivity contribution is 6.55. The molecule has 8 nitrogen and oxygen atoms in total. The average molecular weight is 275 g/mol. The van der Waals surface area contributed by atoms with Gasteiger partial charge in [-0.1, -0.05) is 0 Å². The Morgan fingerprint density at radius 1 is 0.789 bits per heavy atom. The maximum atomic E-state index is 10.4. The van der Waals surface area contributed by atoms with Crippen LogP contribution in [0.2, 0.25) is 0 Å². The fraction of sp³-hybridized carbons (Fsp3) is 1.00. The second kappa shape index (κ2) is 3.15. The van der Waals surface area contributed by atoms with Crippen LogP contribution in [0.3, 0.4) is 0 Å². The molecule has 0 aliphatic carbocycles. The first-order valence-corrected chi connectivity index (χ1v) is 6.40. The molecule has 0 aromatic carbocycles. The topological polar surface area (TPSA) is 95.8 Å². The second-order valence-corrected chi connectivity index (χ2v) is 5.71. The molecule has 4 atom stereocenters. The van der Waals surface area contributed by atoms with E-state index in [2.05, 4.69) is 0 Å². The van der Waals surface area contributed by atoms with E-state index in [1.807, 2.05) is 0 Å². The lowest BCUT2D eigenvalue weighted by atomic mass is 10.1. The van der Waals surface area contributed by atoms with Gasteiger partial charge in [-0.05, 0) is 13.8 Å². The minimum Gasteiger partial charge on any atom is -0.489 e. The summed E-state index contributed by atoms with van der Waals surface area (Å²) in [5.74, 6) is -6.06. The molecule has 9 heteroatoms. The molecule has 0 amide bonds. The molecule has 0 saturated carbocycles. The van der Waals surface area contributed by atoms with Crippen LogP contribution in [0.25, 0.3) is 0 Å². The summed E-state index contributed by atoms with van der Waals surface area (Å²) in [5, 5.41) is 20.8. The molecule has 4 heterocycles. The van der Waals surface area contributed by atoms with Gasteiger partial charge in [0.25, 0.3) is 0 Å². The fourth-order valence-corrected chi connectivity index (χ4v) is 3.20. The quantitative estimate of drug-likeness (QED) is 0.553. The lowest BCUT2D eigenvalue weighted by Gasteiger charge is -2.33. The van der Waals surface area contributed by atoms with Crippen LogP contribution in [-0.2, 0) is 28.1 Å². The van der Waals surface area contributed by atoms with Crippen molar-refractivity contribution in [3.8, 4) is 0 Å². The molecule has 0 unspecified atom stereocenters.